The third kappa shape index (κ3) is 2.04. The van der Waals surface area contributed by atoms with Crippen molar-refractivity contribution >= 4 is 16.8 Å². The summed E-state index contributed by atoms with van der Waals surface area (Å²) in [4.78, 5) is 11.4. The summed E-state index contributed by atoms with van der Waals surface area (Å²) in [5, 5.41) is 9.60. The highest BCUT2D eigenvalue weighted by Crippen LogP contribution is 2.21. The van der Waals surface area contributed by atoms with Crippen LogP contribution in [0.5, 0.6) is 0 Å². The van der Waals surface area contributed by atoms with Crippen LogP contribution in [-0.4, -0.2) is 15.7 Å². The Labute approximate surface area is 114 Å². The van der Waals surface area contributed by atoms with Gasteiger partial charge in [0.05, 0.1) is 5.52 Å². The van der Waals surface area contributed by atoms with Gasteiger partial charge in [-0.05, 0) is 42.5 Å². The Bertz CT molecular complexity index is 795. The highest BCUT2D eigenvalue weighted by atomic mass is 19.1. The fourth-order valence-electron chi connectivity index (χ4n) is 2.16. The van der Waals surface area contributed by atoms with Crippen LogP contribution >= 0.6 is 0 Å². The number of benzene rings is 2. The summed E-state index contributed by atoms with van der Waals surface area (Å²) < 4.78 is 15.4. The van der Waals surface area contributed by atoms with Gasteiger partial charge >= 0.3 is 0 Å². The van der Waals surface area contributed by atoms with Gasteiger partial charge in [0.1, 0.15) is 5.82 Å². The van der Waals surface area contributed by atoms with Crippen LogP contribution in [0.1, 0.15) is 10.4 Å². The molecule has 0 aliphatic carbocycles. The maximum absolute atomic E-state index is 13.6. The molecule has 3 aromatic rings. The second kappa shape index (κ2) is 4.79. The third-order valence-electron chi connectivity index (χ3n) is 3.06. The fourth-order valence-corrected chi connectivity index (χ4v) is 2.16. The van der Waals surface area contributed by atoms with E-state index in [2.05, 4.69) is 6.07 Å². The molecule has 5 heteroatoms. The lowest BCUT2D eigenvalue weighted by molar-refractivity contribution is 0.0706. The van der Waals surface area contributed by atoms with Crippen molar-refractivity contribution in [2.45, 2.75) is 0 Å². The molecule has 1 heterocycles. The Hall–Kier alpha value is -2.66. The van der Waals surface area contributed by atoms with Gasteiger partial charge in [0.2, 0.25) is 0 Å². The number of carbonyl (C=O) groups excluding carboxylic acids is 1. The molecule has 0 bridgehead atoms. The van der Waals surface area contributed by atoms with Crippen LogP contribution in [0.4, 0.5) is 4.39 Å². The summed E-state index contributed by atoms with van der Waals surface area (Å²) in [6.45, 7) is 0. The number of fused-ring (bicyclic) bond motifs is 1. The summed E-state index contributed by atoms with van der Waals surface area (Å²) in [5.41, 5.74) is 2.93. The van der Waals surface area contributed by atoms with E-state index in [9.17, 15) is 9.18 Å². The van der Waals surface area contributed by atoms with E-state index in [1.165, 1.54) is 17.6 Å². The Kier molecular flexibility index (Phi) is 2.96. The molecule has 4 nitrogen and oxygen atoms in total. The SMILES string of the molecule is O=C(NO)c1cc(F)cc(-n2ccc3c[c]ccc32)c1. The molecular weight excluding hydrogens is 259 g/mol. The lowest BCUT2D eigenvalue weighted by atomic mass is 10.1. The van der Waals surface area contributed by atoms with E-state index < -0.39 is 11.7 Å². The first kappa shape index (κ1) is 12.4. The number of hydroxylamine groups is 1. The van der Waals surface area contributed by atoms with Gasteiger partial charge in [-0.2, -0.15) is 0 Å². The molecule has 1 aromatic heterocycles. The number of amides is 1. The standard InChI is InChI=1S/C15H10FN2O2/c16-12-7-11(15(19)17-20)8-13(9-12)18-6-5-10-3-1-2-4-14(10)18/h2-9,20H,(H,17,19). The Morgan fingerprint density at radius 3 is 2.95 bits per heavy atom. The molecule has 0 fully saturated rings. The first-order valence-electron chi connectivity index (χ1n) is 5.91. The Morgan fingerprint density at radius 1 is 1.30 bits per heavy atom. The van der Waals surface area contributed by atoms with Crippen LogP contribution < -0.4 is 5.48 Å². The molecule has 0 aliphatic heterocycles. The zero-order valence-electron chi connectivity index (χ0n) is 10.3. The lowest BCUT2D eigenvalue weighted by Gasteiger charge is -2.08. The number of halogens is 1. The van der Waals surface area contributed by atoms with Crippen LogP contribution in [0.3, 0.4) is 0 Å². The van der Waals surface area contributed by atoms with Crippen molar-refractivity contribution in [3.63, 3.8) is 0 Å². The molecular formula is C15H10FN2O2. The molecule has 0 spiro atoms. The molecule has 99 valence electrons. The highest BCUT2D eigenvalue weighted by molar-refractivity contribution is 5.94. The van der Waals surface area contributed by atoms with Crippen LogP contribution in [0.25, 0.3) is 16.6 Å². The molecule has 0 saturated heterocycles. The van der Waals surface area contributed by atoms with E-state index in [4.69, 9.17) is 5.21 Å². The number of aromatic nitrogens is 1. The van der Waals surface area contributed by atoms with Crippen molar-refractivity contribution < 1.29 is 14.4 Å². The number of carbonyl (C=O) groups is 1. The van der Waals surface area contributed by atoms with Gasteiger partial charge in [0.25, 0.3) is 5.91 Å². The van der Waals surface area contributed by atoms with Gasteiger partial charge in [-0.25, -0.2) is 9.87 Å². The van der Waals surface area contributed by atoms with Gasteiger partial charge in [-0.3, -0.25) is 10.0 Å². The predicted molar refractivity (Wildman–Crippen MR) is 71.3 cm³/mol. The third-order valence-corrected chi connectivity index (χ3v) is 3.06. The average molecular weight is 269 g/mol. The average Bonchev–Trinajstić information content (AvgIpc) is 2.89. The predicted octanol–water partition coefficient (Wildman–Crippen LogP) is 2.69. The minimum atomic E-state index is -0.754. The topological polar surface area (TPSA) is 54.3 Å². The summed E-state index contributed by atoms with van der Waals surface area (Å²) in [6, 6.07) is 14.2. The van der Waals surface area contributed by atoms with Gasteiger partial charge in [-0.1, -0.05) is 6.07 Å². The van der Waals surface area contributed by atoms with Gasteiger partial charge in [-0.15, -0.1) is 0 Å². The number of nitrogens with zero attached hydrogens (tertiary/aromatic N) is 1. The number of hydrogen-bond acceptors (Lipinski definition) is 2. The molecule has 2 N–H and O–H groups in total. The summed E-state index contributed by atoms with van der Waals surface area (Å²) in [6.07, 6.45) is 1.79. The molecule has 1 amide bonds. The Balaban J connectivity index is 2.19. The molecule has 0 saturated carbocycles. The van der Waals surface area contributed by atoms with Crippen molar-refractivity contribution in [1.29, 1.82) is 0 Å². The van der Waals surface area contributed by atoms with Crippen molar-refractivity contribution in [2.24, 2.45) is 0 Å². The van der Waals surface area contributed by atoms with E-state index >= 15 is 0 Å². The Morgan fingerprint density at radius 2 is 2.15 bits per heavy atom. The molecule has 20 heavy (non-hydrogen) atoms. The summed E-state index contributed by atoms with van der Waals surface area (Å²) in [7, 11) is 0. The van der Waals surface area contributed by atoms with Crippen molar-refractivity contribution in [1.82, 2.24) is 10.0 Å². The maximum Gasteiger partial charge on any atom is 0.274 e. The largest absolute Gasteiger partial charge is 0.316 e. The lowest BCUT2D eigenvalue weighted by Crippen LogP contribution is -2.19. The van der Waals surface area contributed by atoms with Crippen molar-refractivity contribution in [3.8, 4) is 5.69 Å². The van der Waals surface area contributed by atoms with E-state index in [1.54, 1.807) is 16.8 Å². The first-order valence-corrected chi connectivity index (χ1v) is 5.91. The summed E-state index contributed by atoms with van der Waals surface area (Å²) >= 11 is 0. The molecule has 1 radical (unpaired) electrons. The van der Waals surface area contributed by atoms with Gasteiger partial charge in [0, 0.05) is 22.8 Å². The van der Waals surface area contributed by atoms with Crippen molar-refractivity contribution in [3.05, 3.63) is 66.1 Å². The zero-order valence-corrected chi connectivity index (χ0v) is 10.3. The zero-order chi connectivity index (χ0) is 14.1. The number of rotatable bonds is 2. The number of hydrogen-bond donors (Lipinski definition) is 2. The highest BCUT2D eigenvalue weighted by Gasteiger charge is 2.10. The summed E-state index contributed by atoms with van der Waals surface area (Å²) in [5.74, 6) is -1.30. The second-order valence-electron chi connectivity index (χ2n) is 4.31. The van der Waals surface area contributed by atoms with E-state index in [-0.39, 0.29) is 5.56 Å². The minimum absolute atomic E-state index is 0.0480. The maximum atomic E-state index is 13.6. The molecule has 3 rings (SSSR count). The number of nitrogens with one attached hydrogen (secondary N) is 1. The smallest absolute Gasteiger partial charge is 0.274 e. The quantitative estimate of drug-likeness (QED) is 0.555. The first-order chi connectivity index (χ1) is 9.69. The van der Waals surface area contributed by atoms with Gasteiger partial charge in [0.15, 0.2) is 0 Å². The van der Waals surface area contributed by atoms with E-state index in [0.717, 1.165) is 17.0 Å². The van der Waals surface area contributed by atoms with Crippen LogP contribution in [-0.2, 0) is 0 Å². The van der Waals surface area contributed by atoms with Crippen LogP contribution in [0.2, 0.25) is 0 Å². The van der Waals surface area contributed by atoms with Gasteiger partial charge < -0.3 is 4.57 Å². The van der Waals surface area contributed by atoms with E-state index in [0.29, 0.717) is 5.69 Å². The molecule has 0 atom stereocenters. The second-order valence-corrected chi connectivity index (χ2v) is 4.31. The molecule has 2 aromatic carbocycles. The normalized spacial score (nSPS) is 10.7. The minimum Gasteiger partial charge on any atom is -0.316 e. The molecule has 0 unspecified atom stereocenters. The fraction of sp³-hybridized carbons (Fsp3) is 0. The van der Waals surface area contributed by atoms with Crippen LogP contribution in [0.15, 0.2) is 48.7 Å². The van der Waals surface area contributed by atoms with Crippen LogP contribution in [0, 0.1) is 11.9 Å². The van der Waals surface area contributed by atoms with E-state index in [1.807, 2.05) is 18.2 Å². The monoisotopic (exact) mass is 269 g/mol. The molecule has 0 aliphatic rings. The van der Waals surface area contributed by atoms with Crippen molar-refractivity contribution in [2.75, 3.05) is 0 Å².